The second-order valence-electron chi connectivity index (χ2n) is 9.74. The Morgan fingerprint density at radius 1 is 0.925 bits per heavy atom. The van der Waals surface area contributed by atoms with E-state index in [9.17, 15) is 8.42 Å². The lowest BCUT2D eigenvalue weighted by atomic mass is 10.2. The molecule has 212 valence electrons. The molecule has 4 aromatic rings. The van der Waals surface area contributed by atoms with E-state index in [-0.39, 0.29) is 11.9 Å². The van der Waals surface area contributed by atoms with Gasteiger partial charge in [-0.05, 0) is 58.4 Å². The SMILES string of the molecule is COc1cccc(OC)c1-n1c(CS(=O)(=O)[C@@H](C)[C@@H](OC(C)C)c2cnc(C)cn2)nnc1-c1cncc(C)c1. The summed E-state index contributed by atoms with van der Waals surface area (Å²) in [6.07, 6.45) is 5.45. The number of aryl methyl sites for hydroxylation is 2. The molecule has 12 heteroatoms. The third-order valence-corrected chi connectivity index (χ3v) is 8.36. The second-order valence-corrected chi connectivity index (χ2v) is 12.1. The molecular weight excluding hydrogens is 532 g/mol. The molecule has 0 saturated carbocycles. The number of hydrogen-bond acceptors (Lipinski definition) is 10. The molecule has 0 unspecified atom stereocenters. The second kappa shape index (κ2) is 12.1. The summed E-state index contributed by atoms with van der Waals surface area (Å²) in [6.45, 7) is 9.04. The summed E-state index contributed by atoms with van der Waals surface area (Å²) in [5, 5.41) is 7.78. The predicted molar refractivity (Wildman–Crippen MR) is 150 cm³/mol. The van der Waals surface area contributed by atoms with Gasteiger partial charge in [-0.3, -0.25) is 19.5 Å². The molecule has 3 aromatic heterocycles. The molecule has 0 saturated heterocycles. The van der Waals surface area contributed by atoms with E-state index >= 15 is 0 Å². The van der Waals surface area contributed by atoms with Crippen LogP contribution in [0.15, 0.2) is 49.1 Å². The summed E-state index contributed by atoms with van der Waals surface area (Å²) in [5.41, 5.74) is 3.21. The number of methoxy groups -OCH3 is 2. The molecular formula is C28H34N6O5S. The number of para-hydroxylation sites is 1. The van der Waals surface area contributed by atoms with Gasteiger partial charge in [0, 0.05) is 24.2 Å². The minimum absolute atomic E-state index is 0.185. The molecule has 3 heterocycles. The van der Waals surface area contributed by atoms with Crippen molar-refractivity contribution in [3.05, 3.63) is 71.8 Å². The van der Waals surface area contributed by atoms with E-state index < -0.39 is 26.9 Å². The summed E-state index contributed by atoms with van der Waals surface area (Å²) in [5.74, 6) is 1.08. The van der Waals surface area contributed by atoms with Crippen molar-refractivity contribution in [3.8, 4) is 28.6 Å². The smallest absolute Gasteiger partial charge is 0.170 e. The molecule has 0 spiro atoms. The van der Waals surface area contributed by atoms with Crippen LogP contribution in [0.2, 0.25) is 0 Å². The zero-order valence-electron chi connectivity index (χ0n) is 23.7. The molecule has 11 nitrogen and oxygen atoms in total. The van der Waals surface area contributed by atoms with Gasteiger partial charge in [0.15, 0.2) is 21.5 Å². The molecule has 0 aliphatic heterocycles. The molecule has 0 aliphatic rings. The number of ether oxygens (including phenoxy) is 3. The highest BCUT2D eigenvalue weighted by Gasteiger charge is 2.36. The molecule has 0 radical (unpaired) electrons. The quantitative estimate of drug-likeness (QED) is 0.260. The number of pyridine rings is 1. The predicted octanol–water partition coefficient (Wildman–Crippen LogP) is 4.22. The summed E-state index contributed by atoms with van der Waals surface area (Å²) in [7, 11) is -0.810. The maximum atomic E-state index is 14.0. The standard InChI is InChI=1S/C28H34N6O5S/c1-17(2)39-27(22-15-30-19(4)13-31-22)20(5)40(35,36)16-25-32-33-28(21-11-18(3)12-29-14-21)34(25)26-23(37-6)9-8-10-24(26)38-7/h8-15,17,20,27H,16H2,1-7H3/t20-,27+/m0/s1. The number of hydrogen-bond donors (Lipinski definition) is 0. The molecule has 0 fully saturated rings. The summed E-state index contributed by atoms with van der Waals surface area (Å²) in [6, 6.07) is 7.21. The minimum Gasteiger partial charge on any atom is -0.494 e. The lowest BCUT2D eigenvalue weighted by Gasteiger charge is -2.26. The Kier molecular flexibility index (Phi) is 8.79. The topological polar surface area (TPSA) is 131 Å². The van der Waals surface area contributed by atoms with Gasteiger partial charge in [0.2, 0.25) is 0 Å². The fourth-order valence-corrected chi connectivity index (χ4v) is 5.71. The van der Waals surface area contributed by atoms with E-state index in [1.165, 1.54) is 14.2 Å². The van der Waals surface area contributed by atoms with E-state index in [2.05, 4.69) is 25.1 Å². The molecule has 0 bridgehead atoms. The Hall–Kier alpha value is -3.90. The Labute approximate surface area is 234 Å². The fraction of sp³-hybridized carbons (Fsp3) is 0.393. The Morgan fingerprint density at radius 2 is 1.62 bits per heavy atom. The van der Waals surface area contributed by atoms with Crippen molar-refractivity contribution < 1.29 is 22.6 Å². The van der Waals surface area contributed by atoms with Crippen LogP contribution in [0, 0.1) is 13.8 Å². The van der Waals surface area contributed by atoms with Crippen molar-refractivity contribution in [2.45, 2.75) is 57.8 Å². The number of sulfone groups is 1. The Morgan fingerprint density at radius 3 is 2.20 bits per heavy atom. The van der Waals surface area contributed by atoms with Gasteiger partial charge in [-0.2, -0.15) is 0 Å². The third kappa shape index (κ3) is 6.13. The van der Waals surface area contributed by atoms with Crippen LogP contribution in [0.4, 0.5) is 0 Å². The van der Waals surface area contributed by atoms with Crippen molar-refractivity contribution in [1.29, 1.82) is 0 Å². The molecule has 0 N–H and O–H groups in total. The maximum absolute atomic E-state index is 14.0. The van der Waals surface area contributed by atoms with Gasteiger partial charge in [0.05, 0.1) is 43.2 Å². The van der Waals surface area contributed by atoms with Crippen LogP contribution < -0.4 is 9.47 Å². The first-order chi connectivity index (χ1) is 19.1. The molecule has 0 amide bonds. The average Bonchev–Trinajstić information content (AvgIpc) is 3.33. The Bertz CT molecular complexity index is 1550. The largest absolute Gasteiger partial charge is 0.494 e. The zero-order chi connectivity index (χ0) is 29.0. The van der Waals surface area contributed by atoms with E-state index in [0.717, 1.165) is 11.3 Å². The van der Waals surface area contributed by atoms with Crippen molar-refractivity contribution in [3.63, 3.8) is 0 Å². The van der Waals surface area contributed by atoms with E-state index in [4.69, 9.17) is 14.2 Å². The monoisotopic (exact) mass is 566 g/mol. The molecule has 2 atom stereocenters. The normalized spacial score (nSPS) is 13.3. The van der Waals surface area contributed by atoms with Gasteiger partial charge in [-0.1, -0.05) is 6.07 Å². The number of nitrogens with zero attached hydrogens (tertiary/aromatic N) is 6. The van der Waals surface area contributed by atoms with Gasteiger partial charge in [-0.25, -0.2) is 8.42 Å². The first-order valence-electron chi connectivity index (χ1n) is 12.8. The first-order valence-corrected chi connectivity index (χ1v) is 14.5. The number of aromatic nitrogens is 6. The highest BCUT2D eigenvalue weighted by Crippen LogP contribution is 2.37. The van der Waals surface area contributed by atoms with Crippen LogP contribution in [0.25, 0.3) is 17.1 Å². The van der Waals surface area contributed by atoms with Crippen molar-refractivity contribution in [1.82, 2.24) is 29.7 Å². The highest BCUT2D eigenvalue weighted by molar-refractivity contribution is 7.91. The van der Waals surface area contributed by atoms with Gasteiger partial charge < -0.3 is 14.2 Å². The first kappa shape index (κ1) is 29.1. The Balaban J connectivity index is 1.85. The van der Waals surface area contributed by atoms with Crippen molar-refractivity contribution >= 4 is 9.84 Å². The van der Waals surface area contributed by atoms with E-state index in [1.54, 1.807) is 54.5 Å². The van der Waals surface area contributed by atoms with Crippen molar-refractivity contribution in [2.75, 3.05) is 14.2 Å². The van der Waals surface area contributed by atoms with E-state index in [1.807, 2.05) is 33.8 Å². The minimum atomic E-state index is -3.88. The molecule has 40 heavy (non-hydrogen) atoms. The van der Waals surface area contributed by atoms with Gasteiger partial charge in [0.25, 0.3) is 0 Å². The van der Waals surface area contributed by atoms with Crippen LogP contribution in [0.1, 0.15) is 49.7 Å². The molecule has 1 aromatic carbocycles. The van der Waals surface area contributed by atoms with Gasteiger partial charge in [0.1, 0.15) is 29.0 Å². The van der Waals surface area contributed by atoms with Crippen LogP contribution in [-0.2, 0) is 20.3 Å². The lowest BCUT2D eigenvalue weighted by molar-refractivity contribution is 0.00383. The van der Waals surface area contributed by atoms with Crippen LogP contribution in [0.5, 0.6) is 11.5 Å². The zero-order valence-corrected chi connectivity index (χ0v) is 24.5. The van der Waals surface area contributed by atoms with Gasteiger partial charge in [-0.15, -0.1) is 10.2 Å². The fourth-order valence-electron chi connectivity index (χ4n) is 4.32. The molecule has 0 aliphatic carbocycles. The van der Waals surface area contributed by atoms with Crippen LogP contribution in [-0.4, -0.2) is 63.7 Å². The summed E-state index contributed by atoms with van der Waals surface area (Å²) in [4.78, 5) is 13.0. The maximum Gasteiger partial charge on any atom is 0.170 e. The third-order valence-electron chi connectivity index (χ3n) is 6.32. The van der Waals surface area contributed by atoms with Crippen LogP contribution in [0.3, 0.4) is 0 Å². The lowest BCUT2D eigenvalue weighted by Crippen LogP contribution is -2.31. The van der Waals surface area contributed by atoms with Crippen LogP contribution >= 0.6 is 0 Å². The molecule has 4 rings (SSSR count). The van der Waals surface area contributed by atoms with E-state index in [0.29, 0.717) is 34.3 Å². The summed E-state index contributed by atoms with van der Waals surface area (Å²) < 4.78 is 47.0. The van der Waals surface area contributed by atoms with Gasteiger partial charge >= 0.3 is 0 Å². The summed E-state index contributed by atoms with van der Waals surface area (Å²) >= 11 is 0. The number of rotatable bonds is 11. The highest BCUT2D eigenvalue weighted by atomic mass is 32.2. The van der Waals surface area contributed by atoms with Crippen molar-refractivity contribution in [2.24, 2.45) is 0 Å². The average molecular weight is 567 g/mol. The number of benzene rings is 1.